The van der Waals surface area contributed by atoms with Gasteiger partial charge in [-0.1, -0.05) is 70.9 Å². The summed E-state index contributed by atoms with van der Waals surface area (Å²) in [6, 6.07) is 9.44. The largest absolute Gasteiger partial charge is 0.300 e. The first-order valence-electron chi connectivity index (χ1n) is 16.2. The summed E-state index contributed by atoms with van der Waals surface area (Å²) >= 11 is 0. The lowest BCUT2D eigenvalue weighted by Gasteiger charge is -2.33. The number of carbonyl (C=O) groups excluding carboxylic acids is 5. The van der Waals surface area contributed by atoms with Gasteiger partial charge in [-0.25, -0.2) is 0 Å². The first kappa shape index (κ1) is 34.3. The molecule has 0 amide bonds. The predicted octanol–water partition coefficient (Wildman–Crippen LogP) is 8.19. The molecule has 0 heterocycles. The van der Waals surface area contributed by atoms with Crippen LogP contribution in [-0.4, -0.2) is 28.9 Å². The summed E-state index contributed by atoms with van der Waals surface area (Å²) in [7, 11) is 0. The van der Waals surface area contributed by atoms with Crippen molar-refractivity contribution in [2.45, 2.75) is 119 Å². The molecule has 0 N–H and O–H groups in total. The quantitative estimate of drug-likeness (QED) is 0.146. The average molecular weight is 587 g/mol. The average Bonchev–Trinajstić information content (AvgIpc) is 2.92. The van der Waals surface area contributed by atoms with Crippen LogP contribution in [0.3, 0.4) is 0 Å². The molecule has 2 aromatic carbocycles. The number of benzene rings is 2. The number of aryl methyl sites for hydroxylation is 1. The van der Waals surface area contributed by atoms with Gasteiger partial charge < -0.3 is 0 Å². The fourth-order valence-corrected chi connectivity index (χ4v) is 7.11. The van der Waals surface area contributed by atoms with Crippen LogP contribution in [0.4, 0.5) is 0 Å². The molecule has 1 aliphatic carbocycles. The molecule has 3 unspecified atom stereocenters. The molecular weight excluding hydrogens is 536 g/mol. The minimum Gasteiger partial charge on any atom is -0.300 e. The normalized spacial score (nSPS) is 16.1. The van der Waals surface area contributed by atoms with E-state index in [-0.39, 0.29) is 59.0 Å². The monoisotopic (exact) mass is 586 g/mol. The molecule has 43 heavy (non-hydrogen) atoms. The second kappa shape index (κ2) is 15.5. The number of Topliss-reactive ketones (excluding diaryl/α,β-unsaturated/α-hetero) is 5. The standard InChI is InChI=1S/C38H50O5/c1-8-10-31(33(9-2)36(42)17-24(5)39)18-28-20-35-34(23(3)4)22-30(25(6)38(35)37(43)21-28)15-16-32(41)19-27-11-13-29(14-12-27)26(7)40/h11-14,22-23,28,31,33H,8-10,15-21H2,1-7H3. The zero-order valence-corrected chi connectivity index (χ0v) is 27.3. The van der Waals surface area contributed by atoms with Crippen molar-refractivity contribution in [3.63, 3.8) is 0 Å². The van der Waals surface area contributed by atoms with Crippen molar-refractivity contribution in [2.75, 3.05) is 0 Å². The van der Waals surface area contributed by atoms with Gasteiger partial charge >= 0.3 is 0 Å². The summed E-state index contributed by atoms with van der Waals surface area (Å²) in [5.41, 5.74) is 6.78. The molecule has 5 nitrogen and oxygen atoms in total. The van der Waals surface area contributed by atoms with Gasteiger partial charge in [0.15, 0.2) is 11.6 Å². The molecule has 2 aromatic rings. The molecule has 0 fully saturated rings. The first-order chi connectivity index (χ1) is 20.4. The lowest BCUT2D eigenvalue weighted by molar-refractivity contribution is -0.130. The topological polar surface area (TPSA) is 85.3 Å². The van der Waals surface area contributed by atoms with E-state index in [1.807, 2.05) is 26.0 Å². The van der Waals surface area contributed by atoms with Crippen LogP contribution in [0.5, 0.6) is 0 Å². The maximum absolute atomic E-state index is 13.8. The first-order valence-corrected chi connectivity index (χ1v) is 16.2. The highest BCUT2D eigenvalue weighted by Gasteiger charge is 2.34. The Kier molecular flexibility index (Phi) is 12.4. The molecule has 0 bridgehead atoms. The molecule has 5 heteroatoms. The Morgan fingerprint density at radius 3 is 2.21 bits per heavy atom. The highest BCUT2D eigenvalue weighted by atomic mass is 16.2. The summed E-state index contributed by atoms with van der Waals surface area (Å²) in [5, 5.41) is 0. The van der Waals surface area contributed by atoms with Crippen molar-refractivity contribution in [2.24, 2.45) is 17.8 Å². The van der Waals surface area contributed by atoms with E-state index >= 15 is 0 Å². The van der Waals surface area contributed by atoms with Gasteiger partial charge in [-0.05, 0) is 92.0 Å². The number of ketones is 5. The summed E-state index contributed by atoms with van der Waals surface area (Å²) in [6.45, 7) is 13.5. The number of hydrogen-bond donors (Lipinski definition) is 0. The van der Waals surface area contributed by atoms with Crippen molar-refractivity contribution < 1.29 is 24.0 Å². The molecule has 0 radical (unpaired) electrons. The van der Waals surface area contributed by atoms with Gasteiger partial charge in [0.25, 0.3) is 0 Å². The van der Waals surface area contributed by atoms with Crippen molar-refractivity contribution in [3.05, 3.63) is 69.3 Å². The number of carbonyl (C=O) groups is 5. The van der Waals surface area contributed by atoms with E-state index in [1.54, 1.807) is 12.1 Å². The van der Waals surface area contributed by atoms with Gasteiger partial charge in [-0.2, -0.15) is 0 Å². The SMILES string of the molecule is CCCC(CC1CC(=O)c2c(C)c(CCC(=O)Cc3ccc(C(C)=O)cc3)cc(C(C)C)c2C1)C(CC)C(=O)CC(C)=O. The minimum atomic E-state index is -0.140. The molecule has 1 aliphatic rings. The number of rotatable bonds is 16. The maximum atomic E-state index is 13.8. The number of hydrogen-bond acceptors (Lipinski definition) is 5. The van der Waals surface area contributed by atoms with Gasteiger partial charge in [0.2, 0.25) is 0 Å². The zero-order valence-electron chi connectivity index (χ0n) is 27.3. The van der Waals surface area contributed by atoms with Crippen LogP contribution in [0.1, 0.15) is 141 Å². The minimum absolute atomic E-state index is 0.000726. The lowest BCUT2D eigenvalue weighted by Crippen LogP contribution is -2.30. The zero-order chi connectivity index (χ0) is 31.8. The molecule has 0 spiro atoms. The lowest BCUT2D eigenvalue weighted by atomic mass is 9.70. The van der Waals surface area contributed by atoms with Crippen LogP contribution >= 0.6 is 0 Å². The van der Waals surface area contributed by atoms with Gasteiger partial charge in [0, 0.05) is 36.3 Å². The second-order valence-electron chi connectivity index (χ2n) is 13.1. The van der Waals surface area contributed by atoms with Crippen LogP contribution in [0.25, 0.3) is 0 Å². The van der Waals surface area contributed by atoms with Gasteiger partial charge in [0.05, 0.1) is 6.42 Å². The predicted molar refractivity (Wildman–Crippen MR) is 172 cm³/mol. The van der Waals surface area contributed by atoms with Crippen LogP contribution < -0.4 is 0 Å². The maximum Gasteiger partial charge on any atom is 0.163 e. The van der Waals surface area contributed by atoms with Crippen molar-refractivity contribution in [1.29, 1.82) is 0 Å². The highest BCUT2D eigenvalue weighted by molar-refractivity contribution is 6.01. The summed E-state index contributed by atoms with van der Waals surface area (Å²) < 4.78 is 0. The van der Waals surface area contributed by atoms with Crippen molar-refractivity contribution in [3.8, 4) is 0 Å². The summed E-state index contributed by atoms with van der Waals surface area (Å²) in [6.07, 6.45) is 6.04. The van der Waals surface area contributed by atoms with Gasteiger partial charge in [-0.15, -0.1) is 0 Å². The summed E-state index contributed by atoms with van der Waals surface area (Å²) in [5.74, 6) is 0.720. The van der Waals surface area contributed by atoms with E-state index in [2.05, 4.69) is 26.8 Å². The third-order valence-corrected chi connectivity index (χ3v) is 9.28. The highest BCUT2D eigenvalue weighted by Crippen LogP contribution is 2.40. The van der Waals surface area contributed by atoms with E-state index in [0.29, 0.717) is 31.2 Å². The van der Waals surface area contributed by atoms with Crippen LogP contribution in [-0.2, 0) is 33.6 Å². The Morgan fingerprint density at radius 2 is 1.65 bits per heavy atom. The van der Waals surface area contributed by atoms with Crippen LogP contribution in [0.2, 0.25) is 0 Å². The van der Waals surface area contributed by atoms with Crippen LogP contribution in [0.15, 0.2) is 30.3 Å². The smallest absolute Gasteiger partial charge is 0.163 e. The molecule has 3 rings (SSSR count). The Labute approximate surface area is 258 Å². The molecular formula is C38H50O5. The van der Waals surface area contributed by atoms with E-state index in [9.17, 15) is 24.0 Å². The molecule has 0 aliphatic heterocycles. The third-order valence-electron chi connectivity index (χ3n) is 9.28. The fourth-order valence-electron chi connectivity index (χ4n) is 7.11. The Morgan fingerprint density at radius 1 is 0.977 bits per heavy atom. The van der Waals surface area contributed by atoms with Crippen LogP contribution in [0, 0.1) is 24.7 Å². The van der Waals surface area contributed by atoms with Crippen molar-refractivity contribution in [1.82, 2.24) is 0 Å². The molecule has 0 aromatic heterocycles. The molecule has 0 saturated carbocycles. The summed E-state index contributed by atoms with van der Waals surface area (Å²) in [4.78, 5) is 62.8. The molecule has 3 atom stereocenters. The molecule has 232 valence electrons. The van der Waals surface area contributed by atoms with E-state index in [4.69, 9.17) is 0 Å². The Balaban J connectivity index is 1.80. The van der Waals surface area contributed by atoms with E-state index < -0.39 is 0 Å². The number of fused-ring (bicyclic) bond motifs is 1. The van der Waals surface area contributed by atoms with Crippen molar-refractivity contribution >= 4 is 28.9 Å². The Hall–Kier alpha value is -3.21. The second-order valence-corrected chi connectivity index (χ2v) is 13.1. The van der Waals surface area contributed by atoms with E-state index in [1.165, 1.54) is 19.4 Å². The molecule has 0 saturated heterocycles. The fraction of sp³-hybridized carbons (Fsp3) is 0.553. The third kappa shape index (κ3) is 8.90. The van der Waals surface area contributed by atoms with Gasteiger partial charge in [0.1, 0.15) is 17.3 Å². The van der Waals surface area contributed by atoms with E-state index in [0.717, 1.165) is 59.9 Å². The Bertz CT molecular complexity index is 1350. The van der Waals surface area contributed by atoms with Gasteiger partial charge in [-0.3, -0.25) is 24.0 Å².